The number of pyridine rings is 1. The molecule has 5 heteroatoms. The van der Waals surface area contributed by atoms with Crippen LogP contribution in [0, 0.1) is 12.3 Å². The Balaban J connectivity index is 2.21. The van der Waals surface area contributed by atoms with Crippen molar-refractivity contribution < 1.29 is 14.7 Å². The smallest absolute Gasteiger partial charge is 0.326 e. The molecule has 0 aromatic carbocycles. The van der Waals surface area contributed by atoms with Gasteiger partial charge >= 0.3 is 5.97 Å². The Morgan fingerprint density at radius 1 is 1.42 bits per heavy atom. The number of likely N-dealkylation sites (tertiary alicyclic amines) is 1. The van der Waals surface area contributed by atoms with Crippen molar-refractivity contribution in [2.24, 2.45) is 0 Å². The van der Waals surface area contributed by atoms with Crippen molar-refractivity contribution in [1.82, 2.24) is 9.88 Å². The molecule has 0 bridgehead atoms. The van der Waals surface area contributed by atoms with E-state index in [-0.39, 0.29) is 5.91 Å². The van der Waals surface area contributed by atoms with Crippen molar-refractivity contribution in [2.75, 3.05) is 6.54 Å². The van der Waals surface area contributed by atoms with Crippen LogP contribution in [0.15, 0.2) is 18.3 Å². The van der Waals surface area contributed by atoms with E-state index in [4.69, 9.17) is 11.5 Å². The molecule has 2 heterocycles. The Morgan fingerprint density at radius 3 is 2.79 bits per heavy atom. The molecule has 1 N–H and O–H groups in total. The SMILES string of the molecule is C#Cc1ccc(C(=O)N2CCCCC2C(=O)O)cn1. The Bertz CT molecular complexity index is 531. The molecular formula is C14H14N2O3. The van der Waals surface area contributed by atoms with Gasteiger partial charge in [0.05, 0.1) is 5.56 Å². The first-order chi connectivity index (χ1) is 9.13. The van der Waals surface area contributed by atoms with Gasteiger partial charge in [-0.05, 0) is 31.4 Å². The van der Waals surface area contributed by atoms with Gasteiger partial charge in [-0.1, -0.05) is 5.92 Å². The lowest BCUT2D eigenvalue weighted by Gasteiger charge is -2.32. The molecule has 0 saturated carbocycles. The van der Waals surface area contributed by atoms with Crippen LogP contribution in [0.25, 0.3) is 0 Å². The normalized spacial score (nSPS) is 18.7. The second-order valence-electron chi connectivity index (χ2n) is 4.42. The fourth-order valence-corrected chi connectivity index (χ4v) is 2.20. The number of hydrogen-bond acceptors (Lipinski definition) is 3. The van der Waals surface area contributed by atoms with Crippen molar-refractivity contribution in [1.29, 1.82) is 0 Å². The van der Waals surface area contributed by atoms with Crippen LogP contribution in [0.5, 0.6) is 0 Å². The number of nitrogens with zero attached hydrogens (tertiary/aromatic N) is 2. The zero-order valence-corrected chi connectivity index (χ0v) is 10.4. The van der Waals surface area contributed by atoms with Gasteiger partial charge in [-0.3, -0.25) is 4.79 Å². The zero-order chi connectivity index (χ0) is 13.8. The molecule has 1 aliphatic rings. The number of hydrogen-bond donors (Lipinski definition) is 1. The van der Waals surface area contributed by atoms with E-state index in [0.29, 0.717) is 24.2 Å². The molecule has 1 unspecified atom stereocenters. The van der Waals surface area contributed by atoms with Gasteiger partial charge in [0, 0.05) is 12.7 Å². The van der Waals surface area contributed by atoms with Gasteiger partial charge in [-0.15, -0.1) is 6.42 Å². The first kappa shape index (κ1) is 13.1. The highest BCUT2D eigenvalue weighted by Gasteiger charge is 2.32. The summed E-state index contributed by atoms with van der Waals surface area (Å²) in [6, 6.07) is 2.42. The maximum absolute atomic E-state index is 12.3. The van der Waals surface area contributed by atoms with Crippen LogP contribution in [0.1, 0.15) is 35.3 Å². The van der Waals surface area contributed by atoms with Gasteiger partial charge in [0.2, 0.25) is 0 Å². The summed E-state index contributed by atoms with van der Waals surface area (Å²) in [6.07, 6.45) is 8.74. The number of carbonyl (C=O) groups excluding carboxylic acids is 1. The lowest BCUT2D eigenvalue weighted by atomic mass is 10.0. The van der Waals surface area contributed by atoms with Crippen molar-refractivity contribution >= 4 is 11.9 Å². The minimum absolute atomic E-state index is 0.303. The number of rotatable bonds is 2. The maximum atomic E-state index is 12.3. The van der Waals surface area contributed by atoms with Gasteiger partial charge in [0.15, 0.2) is 0 Å². The summed E-state index contributed by atoms with van der Waals surface area (Å²) in [4.78, 5) is 28.8. The van der Waals surface area contributed by atoms with E-state index in [1.54, 1.807) is 12.1 Å². The maximum Gasteiger partial charge on any atom is 0.326 e. The average Bonchev–Trinajstić information content (AvgIpc) is 2.46. The van der Waals surface area contributed by atoms with E-state index in [1.807, 2.05) is 0 Å². The van der Waals surface area contributed by atoms with E-state index in [1.165, 1.54) is 11.1 Å². The van der Waals surface area contributed by atoms with Crippen LogP contribution < -0.4 is 0 Å². The second kappa shape index (κ2) is 5.53. The summed E-state index contributed by atoms with van der Waals surface area (Å²) < 4.78 is 0. The molecule has 98 valence electrons. The third kappa shape index (κ3) is 2.74. The molecule has 1 saturated heterocycles. The Kier molecular flexibility index (Phi) is 3.81. The number of carbonyl (C=O) groups is 2. The van der Waals surface area contributed by atoms with E-state index >= 15 is 0 Å². The largest absolute Gasteiger partial charge is 0.480 e. The number of amides is 1. The van der Waals surface area contributed by atoms with Crippen molar-refractivity contribution in [3.05, 3.63) is 29.6 Å². The van der Waals surface area contributed by atoms with Crippen molar-refractivity contribution in [2.45, 2.75) is 25.3 Å². The van der Waals surface area contributed by atoms with Crippen molar-refractivity contribution in [3.8, 4) is 12.3 Å². The lowest BCUT2D eigenvalue weighted by Crippen LogP contribution is -2.48. The number of piperidine rings is 1. The van der Waals surface area contributed by atoms with Crippen LogP contribution in [-0.4, -0.2) is 39.5 Å². The van der Waals surface area contributed by atoms with E-state index in [2.05, 4.69) is 10.9 Å². The van der Waals surface area contributed by atoms with E-state index < -0.39 is 12.0 Å². The van der Waals surface area contributed by atoms with E-state index in [0.717, 1.165) is 12.8 Å². The fourth-order valence-electron chi connectivity index (χ4n) is 2.20. The number of carboxylic acids is 1. The Morgan fingerprint density at radius 2 is 2.21 bits per heavy atom. The zero-order valence-electron chi connectivity index (χ0n) is 10.4. The first-order valence-corrected chi connectivity index (χ1v) is 6.10. The fraction of sp³-hybridized carbons (Fsp3) is 0.357. The second-order valence-corrected chi connectivity index (χ2v) is 4.42. The Hall–Kier alpha value is -2.35. The summed E-state index contributed by atoms with van der Waals surface area (Å²) >= 11 is 0. The molecule has 1 atom stereocenters. The molecule has 0 aliphatic carbocycles. The Labute approximate surface area is 111 Å². The van der Waals surface area contributed by atoms with Gasteiger partial charge in [0.25, 0.3) is 5.91 Å². The van der Waals surface area contributed by atoms with Gasteiger partial charge < -0.3 is 10.0 Å². The summed E-state index contributed by atoms with van der Waals surface area (Å²) in [5.41, 5.74) is 0.817. The molecule has 1 aromatic heterocycles. The third-order valence-corrected chi connectivity index (χ3v) is 3.21. The van der Waals surface area contributed by atoms with Crippen LogP contribution in [0.3, 0.4) is 0 Å². The average molecular weight is 258 g/mol. The highest BCUT2D eigenvalue weighted by Crippen LogP contribution is 2.19. The highest BCUT2D eigenvalue weighted by molar-refractivity contribution is 5.96. The predicted octanol–water partition coefficient (Wildman–Crippen LogP) is 1.14. The standard InChI is InChI=1S/C14H14N2O3/c1-2-11-7-6-10(9-15-11)13(17)16-8-4-3-5-12(16)14(18)19/h1,6-7,9,12H,3-5,8H2,(H,18,19). The van der Waals surface area contributed by atoms with Crippen LogP contribution >= 0.6 is 0 Å². The van der Waals surface area contributed by atoms with Gasteiger partial charge in [0.1, 0.15) is 11.7 Å². The molecule has 1 fully saturated rings. The lowest BCUT2D eigenvalue weighted by molar-refractivity contribution is -0.143. The molecule has 2 rings (SSSR count). The number of aliphatic carboxylic acids is 1. The summed E-state index contributed by atoms with van der Waals surface area (Å²) in [6.45, 7) is 0.465. The first-order valence-electron chi connectivity index (χ1n) is 6.10. The highest BCUT2D eigenvalue weighted by atomic mass is 16.4. The number of terminal acetylenes is 1. The molecule has 5 nitrogen and oxygen atoms in total. The summed E-state index contributed by atoms with van der Waals surface area (Å²) in [5, 5.41) is 9.15. The van der Waals surface area contributed by atoms with Crippen LogP contribution in [0.4, 0.5) is 0 Å². The summed E-state index contributed by atoms with van der Waals surface area (Å²) in [5.74, 6) is 1.11. The van der Waals surface area contributed by atoms with Gasteiger partial charge in [-0.2, -0.15) is 0 Å². The van der Waals surface area contributed by atoms with Crippen LogP contribution in [-0.2, 0) is 4.79 Å². The van der Waals surface area contributed by atoms with Crippen molar-refractivity contribution in [3.63, 3.8) is 0 Å². The number of carboxylic acid groups (broad SMARTS) is 1. The predicted molar refractivity (Wildman–Crippen MR) is 68.5 cm³/mol. The molecule has 0 spiro atoms. The van der Waals surface area contributed by atoms with Crippen LogP contribution in [0.2, 0.25) is 0 Å². The molecule has 19 heavy (non-hydrogen) atoms. The topological polar surface area (TPSA) is 70.5 Å². The van der Waals surface area contributed by atoms with E-state index in [9.17, 15) is 9.59 Å². The third-order valence-electron chi connectivity index (χ3n) is 3.21. The molecule has 1 aliphatic heterocycles. The quantitative estimate of drug-likeness (QED) is 0.808. The van der Waals surface area contributed by atoms with Gasteiger partial charge in [-0.25, -0.2) is 9.78 Å². The minimum atomic E-state index is -0.957. The number of aromatic nitrogens is 1. The molecule has 1 aromatic rings. The molecule has 1 amide bonds. The molecular weight excluding hydrogens is 244 g/mol. The minimum Gasteiger partial charge on any atom is -0.480 e. The molecule has 0 radical (unpaired) electrons. The monoisotopic (exact) mass is 258 g/mol. The summed E-state index contributed by atoms with van der Waals surface area (Å²) in [7, 11) is 0.